The lowest BCUT2D eigenvalue weighted by Crippen LogP contribution is -2.42. The molecule has 0 heterocycles. The third-order valence-electron chi connectivity index (χ3n) is 2.26. The minimum atomic E-state index is -0.569. The minimum Gasteiger partial charge on any atom is -0.329 e. The van der Waals surface area contributed by atoms with Crippen LogP contribution in [0, 0.1) is 0 Å². The highest BCUT2D eigenvalue weighted by molar-refractivity contribution is 5.74. The topological polar surface area (TPSA) is 67.4 Å². The van der Waals surface area contributed by atoms with Crippen LogP contribution in [0.4, 0.5) is 0 Å². The van der Waals surface area contributed by atoms with Gasteiger partial charge in [0, 0.05) is 19.8 Å². The lowest BCUT2D eigenvalue weighted by molar-refractivity contribution is -0.143. The van der Waals surface area contributed by atoms with Gasteiger partial charge in [-0.1, -0.05) is 37.3 Å². The second-order valence-corrected chi connectivity index (χ2v) is 3.88. The van der Waals surface area contributed by atoms with Crippen molar-refractivity contribution in [3.8, 4) is 0 Å². The minimum absolute atomic E-state index is 0.207. The Bertz CT molecular complexity index is 392. The molecule has 1 aromatic carbocycles. The van der Waals surface area contributed by atoms with Crippen LogP contribution in [0.1, 0.15) is 25.8 Å². The summed E-state index contributed by atoms with van der Waals surface area (Å²) in [5.74, 6) is -0.430. The van der Waals surface area contributed by atoms with Gasteiger partial charge >= 0.3 is 0 Å². The first-order valence-electron chi connectivity index (χ1n) is 5.87. The predicted molar refractivity (Wildman–Crippen MR) is 67.3 cm³/mol. The van der Waals surface area contributed by atoms with Crippen molar-refractivity contribution < 1.29 is 14.4 Å². The molecule has 0 bridgehead atoms. The Balaban J connectivity index is 2.55. The molecule has 1 aromatic rings. The normalized spacial score (nSPS) is 11.7. The maximum Gasteiger partial charge on any atom is 0.243 e. The van der Waals surface area contributed by atoms with E-state index in [9.17, 15) is 9.59 Å². The van der Waals surface area contributed by atoms with E-state index < -0.39 is 6.23 Å². The third-order valence-corrected chi connectivity index (χ3v) is 2.26. The average molecular weight is 250 g/mol. The first-order chi connectivity index (χ1) is 8.61. The van der Waals surface area contributed by atoms with Crippen LogP contribution in [0.3, 0.4) is 0 Å². The van der Waals surface area contributed by atoms with Crippen molar-refractivity contribution in [2.75, 3.05) is 0 Å². The number of rotatable bonds is 6. The van der Waals surface area contributed by atoms with Crippen molar-refractivity contribution in [2.24, 2.45) is 0 Å². The zero-order valence-corrected chi connectivity index (χ0v) is 10.6. The maximum absolute atomic E-state index is 11.1. The molecule has 0 aromatic heterocycles. The summed E-state index contributed by atoms with van der Waals surface area (Å²) in [6.45, 7) is 3.13. The number of benzene rings is 1. The Kier molecular flexibility index (Phi) is 5.87. The van der Waals surface area contributed by atoms with Gasteiger partial charge < -0.3 is 5.32 Å². The van der Waals surface area contributed by atoms with Crippen LogP contribution in [0.15, 0.2) is 30.3 Å². The fourth-order valence-corrected chi connectivity index (χ4v) is 1.39. The summed E-state index contributed by atoms with van der Waals surface area (Å²) in [5, 5.41) is 2.63. The zero-order chi connectivity index (χ0) is 13.4. The molecule has 1 atom stereocenters. The number of hydrogen-bond donors (Lipinski definition) is 2. The highest BCUT2D eigenvalue weighted by Crippen LogP contribution is 2.03. The summed E-state index contributed by atoms with van der Waals surface area (Å²) >= 11 is 0. The van der Waals surface area contributed by atoms with Crippen molar-refractivity contribution in [1.82, 2.24) is 10.8 Å². The van der Waals surface area contributed by atoms with Gasteiger partial charge in [0.25, 0.3) is 0 Å². The molecule has 0 aliphatic carbocycles. The maximum atomic E-state index is 11.1. The van der Waals surface area contributed by atoms with E-state index in [0.717, 1.165) is 5.56 Å². The molecule has 0 unspecified atom stereocenters. The lowest BCUT2D eigenvalue weighted by Gasteiger charge is -2.18. The van der Waals surface area contributed by atoms with Gasteiger partial charge in [0.2, 0.25) is 11.8 Å². The summed E-state index contributed by atoms with van der Waals surface area (Å²) < 4.78 is 0. The van der Waals surface area contributed by atoms with Crippen molar-refractivity contribution in [3.63, 3.8) is 0 Å². The van der Waals surface area contributed by atoms with Crippen LogP contribution in [0.25, 0.3) is 0 Å². The van der Waals surface area contributed by atoms with E-state index in [-0.39, 0.29) is 11.8 Å². The smallest absolute Gasteiger partial charge is 0.243 e. The Morgan fingerprint density at radius 3 is 2.50 bits per heavy atom. The zero-order valence-electron chi connectivity index (χ0n) is 10.6. The van der Waals surface area contributed by atoms with Crippen LogP contribution in [0.5, 0.6) is 0 Å². The van der Waals surface area contributed by atoms with Crippen LogP contribution in [0.2, 0.25) is 0 Å². The van der Waals surface area contributed by atoms with E-state index in [1.54, 1.807) is 6.92 Å². The van der Waals surface area contributed by atoms with Crippen molar-refractivity contribution in [1.29, 1.82) is 0 Å². The standard InChI is InChI=1S/C13H18N2O3/c1-3-12(17)15-18-13(14-10(2)16)9-11-7-5-4-6-8-11/h4-8,13H,3,9H2,1-2H3,(H,14,16)(H,15,17)/t13-/m0/s1. The molecule has 5 nitrogen and oxygen atoms in total. The predicted octanol–water partition coefficient (Wildman–Crippen LogP) is 1.15. The van der Waals surface area contributed by atoms with E-state index in [2.05, 4.69) is 10.8 Å². The molecule has 5 heteroatoms. The Morgan fingerprint density at radius 1 is 1.28 bits per heavy atom. The Labute approximate surface area is 106 Å². The first-order valence-corrected chi connectivity index (χ1v) is 5.87. The molecule has 0 saturated heterocycles. The lowest BCUT2D eigenvalue weighted by atomic mass is 10.1. The van der Waals surface area contributed by atoms with Gasteiger partial charge in [0.1, 0.15) is 0 Å². The first kappa shape index (κ1) is 14.2. The fourth-order valence-electron chi connectivity index (χ4n) is 1.39. The number of nitrogens with one attached hydrogen (secondary N) is 2. The van der Waals surface area contributed by atoms with Crippen molar-refractivity contribution >= 4 is 11.8 Å². The number of hydrogen-bond acceptors (Lipinski definition) is 3. The molecule has 2 N–H and O–H groups in total. The van der Waals surface area contributed by atoms with Crippen molar-refractivity contribution in [3.05, 3.63) is 35.9 Å². The molecular weight excluding hydrogens is 232 g/mol. The molecule has 0 saturated carbocycles. The number of carbonyl (C=O) groups is 2. The van der Waals surface area contributed by atoms with E-state index in [0.29, 0.717) is 12.8 Å². The van der Waals surface area contributed by atoms with Gasteiger partial charge in [-0.3, -0.25) is 9.59 Å². The molecule has 18 heavy (non-hydrogen) atoms. The van der Waals surface area contributed by atoms with Crippen LogP contribution >= 0.6 is 0 Å². The Hall–Kier alpha value is -1.88. The Morgan fingerprint density at radius 2 is 1.94 bits per heavy atom. The van der Waals surface area contributed by atoms with Crippen LogP contribution in [-0.4, -0.2) is 18.0 Å². The molecule has 98 valence electrons. The fraction of sp³-hybridized carbons (Fsp3) is 0.385. The second kappa shape index (κ2) is 7.45. The van der Waals surface area contributed by atoms with Gasteiger partial charge in [-0.2, -0.15) is 0 Å². The largest absolute Gasteiger partial charge is 0.329 e. The van der Waals surface area contributed by atoms with Crippen LogP contribution < -0.4 is 10.8 Å². The second-order valence-electron chi connectivity index (χ2n) is 3.88. The van der Waals surface area contributed by atoms with Gasteiger partial charge in [-0.25, -0.2) is 10.3 Å². The summed E-state index contributed by atoms with van der Waals surface area (Å²) in [7, 11) is 0. The third kappa shape index (κ3) is 5.45. The molecule has 0 spiro atoms. The monoisotopic (exact) mass is 250 g/mol. The molecule has 1 rings (SSSR count). The SMILES string of the molecule is CCC(=O)NO[C@@H](Cc1ccccc1)NC(C)=O. The number of amides is 2. The summed E-state index contributed by atoms with van der Waals surface area (Å²) in [4.78, 5) is 27.3. The molecule has 2 amide bonds. The highest BCUT2D eigenvalue weighted by Gasteiger charge is 2.12. The van der Waals surface area contributed by atoms with E-state index in [1.807, 2.05) is 30.3 Å². The van der Waals surface area contributed by atoms with E-state index in [1.165, 1.54) is 6.92 Å². The van der Waals surface area contributed by atoms with Crippen LogP contribution in [-0.2, 0) is 20.8 Å². The van der Waals surface area contributed by atoms with Gasteiger partial charge in [-0.15, -0.1) is 0 Å². The van der Waals surface area contributed by atoms with Crippen molar-refractivity contribution in [2.45, 2.75) is 32.9 Å². The highest BCUT2D eigenvalue weighted by atomic mass is 16.7. The summed E-state index contributed by atoms with van der Waals surface area (Å²) in [6.07, 6.45) is 0.253. The van der Waals surface area contributed by atoms with Gasteiger partial charge in [0.15, 0.2) is 6.23 Å². The summed E-state index contributed by atoms with van der Waals surface area (Å²) in [6, 6.07) is 9.59. The van der Waals surface area contributed by atoms with E-state index >= 15 is 0 Å². The van der Waals surface area contributed by atoms with Gasteiger partial charge in [-0.05, 0) is 5.56 Å². The molecule has 0 fully saturated rings. The average Bonchev–Trinajstić information content (AvgIpc) is 2.36. The van der Waals surface area contributed by atoms with Gasteiger partial charge in [0.05, 0.1) is 0 Å². The summed E-state index contributed by atoms with van der Waals surface area (Å²) in [5.41, 5.74) is 3.32. The molecule has 0 radical (unpaired) electrons. The number of hydroxylamine groups is 1. The number of carbonyl (C=O) groups excluding carboxylic acids is 2. The molecule has 0 aliphatic rings. The quantitative estimate of drug-likeness (QED) is 0.588. The molecular formula is C13H18N2O3. The van der Waals surface area contributed by atoms with E-state index in [4.69, 9.17) is 4.84 Å². The molecule has 0 aliphatic heterocycles.